The lowest BCUT2D eigenvalue weighted by atomic mass is 9.66. The van der Waals surface area contributed by atoms with E-state index in [-0.39, 0.29) is 17.7 Å². The monoisotopic (exact) mass is 535 g/mol. The largest absolute Gasteiger partial charge is 0.493 e. The van der Waals surface area contributed by atoms with Crippen LogP contribution in [0.25, 0.3) is 0 Å². The lowest BCUT2D eigenvalue weighted by molar-refractivity contribution is -0.139. The molecular formula is C31H37NO5S. The molecule has 0 aromatic heterocycles. The molecule has 0 amide bonds. The number of aryl methyl sites for hydroxylation is 1. The second-order valence-electron chi connectivity index (χ2n) is 9.67. The van der Waals surface area contributed by atoms with E-state index >= 15 is 0 Å². The van der Waals surface area contributed by atoms with Crippen LogP contribution in [0.15, 0.2) is 58.7 Å². The highest BCUT2D eigenvalue weighted by Gasteiger charge is 2.46. The van der Waals surface area contributed by atoms with Crippen molar-refractivity contribution in [3.63, 3.8) is 0 Å². The fraction of sp³-hybridized carbons (Fsp3) is 0.452. The Morgan fingerprint density at radius 1 is 0.974 bits per heavy atom. The Hall–Kier alpha value is -3.06. The van der Waals surface area contributed by atoms with E-state index in [0.717, 1.165) is 34.8 Å². The van der Waals surface area contributed by atoms with Gasteiger partial charge in [0.1, 0.15) is 12.4 Å². The predicted molar refractivity (Wildman–Crippen MR) is 153 cm³/mol. The van der Waals surface area contributed by atoms with Crippen LogP contribution in [-0.2, 0) is 20.7 Å². The fourth-order valence-electron chi connectivity index (χ4n) is 5.52. The first kappa shape index (κ1) is 28.0. The number of benzene rings is 2. The molecule has 1 fully saturated rings. The van der Waals surface area contributed by atoms with Gasteiger partial charge >= 0.3 is 5.97 Å². The van der Waals surface area contributed by atoms with Crippen LogP contribution in [0, 0.1) is 5.92 Å². The third-order valence-electron chi connectivity index (χ3n) is 7.47. The quantitative estimate of drug-likeness (QED) is 0.269. The van der Waals surface area contributed by atoms with E-state index in [2.05, 4.69) is 26.0 Å². The Bertz CT molecular complexity index is 1230. The number of carbonyl (C=O) groups is 2. The average Bonchev–Trinajstić information content (AvgIpc) is 2.94. The summed E-state index contributed by atoms with van der Waals surface area (Å²) in [6, 6.07) is 14.1. The second-order valence-corrected chi connectivity index (χ2v) is 11.1. The lowest BCUT2D eigenvalue weighted by Gasteiger charge is -2.38. The molecule has 0 N–H and O–H groups in total. The molecule has 202 valence electrons. The smallest absolute Gasteiger partial charge is 0.336 e. The van der Waals surface area contributed by atoms with Crippen LogP contribution in [0.5, 0.6) is 11.5 Å². The van der Waals surface area contributed by atoms with E-state index in [1.165, 1.54) is 5.56 Å². The van der Waals surface area contributed by atoms with Crippen molar-refractivity contribution in [1.82, 2.24) is 0 Å². The molecule has 0 spiro atoms. The maximum absolute atomic E-state index is 13.9. The summed E-state index contributed by atoms with van der Waals surface area (Å²) in [4.78, 5) is 32.1. The van der Waals surface area contributed by atoms with Crippen LogP contribution in [0.1, 0.15) is 62.1 Å². The first-order valence-electron chi connectivity index (χ1n) is 13.3. The summed E-state index contributed by atoms with van der Waals surface area (Å²) < 4.78 is 16.6. The van der Waals surface area contributed by atoms with Gasteiger partial charge in [0.2, 0.25) is 0 Å². The SMILES string of the molecule is CCSCCOC(=O)C1=C(C)N=C2C[C@H](c3ccc(OC)c(OC)c3)CC(=O)C2[C@@H]1c1ccc(CC)cc1. The van der Waals surface area contributed by atoms with E-state index in [9.17, 15) is 9.59 Å². The van der Waals surface area contributed by atoms with Crippen molar-refractivity contribution >= 4 is 29.2 Å². The van der Waals surface area contributed by atoms with Gasteiger partial charge in [-0.3, -0.25) is 9.79 Å². The average molecular weight is 536 g/mol. The van der Waals surface area contributed by atoms with Gasteiger partial charge in [-0.15, -0.1) is 0 Å². The van der Waals surface area contributed by atoms with E-state index in [1.54, 1.807) is 26.0 Å². The predicted octanol–water partition coefficient (Wildman–Crippen LogP) is 6.14. The van der Waals surface area contributed by atoms with Gasteiger partial charge in [-0.05, 0) is 60.3 Å². The van der Waals surface area contributed by atoms with Crippen molar-refractivity contribution in [1.29, 1.82) is 0 Å². The molecule has 2 aromatic rings. The summed E-state index contributed by atoms with van der Waals surface area (Å²) in [5.74, 6) is 1.83. The molecule has 6 nitrogen and oxygen atoms in total. The highest BCUT2D eigenvalue weighted by atomic mass is 32.2. The molecule has 2 aromatic carbocycles. The Morgan fingerprint density at radius 2 is 1.68 bits per heavy atom. The first-order valence-corrected chi connectivity index (χ1v) is 14.4. The van der Waals surface area contributed by atoms with Crippen LogP contribution in [0.4, 0.5) is 0 Å². The molecule has 38 heavy (non-hydrogen) atoms. The number of allylic oxidation sites excluding steroid dienone is 1. The number of aliphatic imine (C=N–C) groups is 1. The van der Waals surface area contributed by atoms with Crippen molar-refractivity contribution < 1.29 is 23.8 Å². The maximum Gasteiger partial charge on any atom is 0.336 e. The molecule has 7 heteroatoms. The van der Waals surface area contributed by atoms with Crippen LogP contribution in [-0.4, -0.2) is 49.8 Å². The number of carbonyl (C=O) groups excluding carboxylic acids is 2. The van der Waals surface area contributed by atoms with Gasteiger partial charge < -0.3 is 14.2 Å². The molecule has 3 atom stereocenters. The summed E-state index contributed by atoms with van der Waals surface area (Å²) in [5.41, 5.74) is 5.15. The number of nitrogens with zero attached hydrogens (tertiary/aromatic N) is 1. The van der Waals surface area contributed by atoms with Crippen LogP contribution in [0.3, 0.4) is 0 Å². The Balaban J connectivity index is 1.71. The molecule has 1 aliphatic heterocycles. The van der Waals surface area contributed by atoms with Gasteiger partial charge in [0.15, 0.2) is 11.5 Å². The Labute approximate surface area is 229 Å². The van der Waals surface area contributed by atoms with E-state index in [1.807, 2.05) is 37.3 Å². The van der Waals surface area contributed by atoms with Crippen molar-refractivity contribution in [2.45, 2.75) is 51.9 Å². The number of rotatable bonds is 10. The molecular weight excluding hydrogens is 498 g/mol. The first-order chi connectivity index (χ1) is 18.4. The molecule has 1 aliphatic carbocycles. The van der Waals surface area contributed by atoms with Gasteiger partial charge in [0.25, 0.3) is 0 Å². The Morgan fingerprint density at radius 3 is 2.34 bits per heavy atom. The van der Waals surface area contributed by atoms with Gasteiger partial charge in [0.05, 0.1) is 25.7 Å². The van der Waals surface area contributed by atoms with Crippen LogP contribution >= 0.6 is 11.8 Å². The highest BCUT2D eigenvalue weighted by molar-refractivity contribution is 7.99. The molecule has 1 unspecified atom stereocenters. The summed E-state index contributed by atoms with van der Waals surface area (Å²) in [6.07, 6.45) is 1.94. The summed E-state index contributed by atoms with van der Waals surface area (Å²) >= 11 is 1.73. The molecule has 1 saturated carbocycles. The molecule has 0 bridgehead atoms. The number of methoxy groups -OCH3 is 2. The van der Waals surface area contributed by atoms with Gasteiger partial charge in [-0.2, -0.15) is 11.8 Å². The fourth-order valence-corrected chi connectivity index (χ4v) is 6.01. The third kappa shape index (κ3) is 5.83. The van der Waals surface area contributed by atoms with Crippen molar-refractivity contribution in [3.05, 3.63) is 70.4 Å². The van der Waals surface area contributed by atoms with E-state index in [0.29, 0.717) is 42.2 Å². The van der Waals surface area contributed by atoms with Gasteiger partial charge in [-0.25, -0.2) is 4.79 Å². The summed E-state index contributed by atoms with van der Waals surface area (Å²) in [5, 5.41) is 0. The summed E-state index contributed by atoms with van der Waals surface area (Å²) in [6.45, 7) is 6.39. The topological polar surface area (TPSA) is 74.2 Å². The number of esters is 1. The molecule has 0 radical (unpaired) electrons. The number of ether oxygens (including phenoxy) is 3. The number of thioether (sulfide) groups is 1. The second kappa shape index (κ2) is 12.7. The summed E-state index contributed by atoms with van der Waals surface area (Å²) in [7, 11) is 3.22. The minimum absolute atomic E-state index is 0.0206. The normalized spacial score (nSPS) is 21.0. The zero-order valence-electron chi connectivity index (χ0n) is 22.9. The number of Topliss-reactive ketones (excluding diaryl/α,β-unsaturated/α-hetero) is 1. The number of ketones is 1. The van der Waals surface area contributed by atoms with E-state index < -0.39 is 11.8 Å². The lowest BCUT2D eigenvalue weighted by Crippen LogP contribution is -2.41. The zero-order valence-corrected chi connectivity index (χ0v) is 23.7. The zero-order chi connectivity index (χ0) is 27.2. The number of fused-ring (bicyclic) bond motifs is 1. The minimum atomic E-state index is -0.477. The van der Waals surface area contributed by atoms with Crippen LogP contribution < -0.4 is 9.47 Å². The minimum Gasteiger partial charge on any atom is -0.493 e. The van der Waals surface area contributed by atoms with Crippen molar-refractivity contribution in [3.8, 4) is 11.5 Å². The third-order valence-corrected chi connectivity index (χ3v) is 8.33. The number of hydrogen-bond acceptors (Lipinski definition) is 7. The molecule has 0 saturated heterocycles. The highest BCUT2D eigenvalue weighted by Crippen LogP contribution is 2.46. The van der Waals surface area contributed by atoms with Crippen molar-refractivity contribution in [2.24, 2.45) is 10.9 Å². The van der Waals surface area contributed by atoms with E-state index in [4.69, 9.17) is 19.2 Å². The molecule has 4 rings (SSSR count). The molecule has 1 heterocycles. The van der Waals surface area contributed by atoms with Crippen LogP contribution in [0.2, 0.25) is 0 Å². The standard InChI is InChI=1S/C31H37NO5S/c1-6-20-8-10-21(11-9-20)29-28(31(34)37-14-15-38-7-2)19(3)32-24-16-23(17-25(33)30(24)29)22-12-13-26(35-4)27(18-22)36-5/h8-13,18,23,29-30H,6-7,14-17H2,1-5H3/t23-,29+,30?/m0/s1. The van der Waals surface area contributed by atoms with Crippen molar-refractivity contribution in [2.75, 3.05) is 32.3 Å². The Kier molecular flexibility index (Phi) is 9.31. The maximum atomic E-state index is 13.9. The molecule has 2 aliphatic rings. The van der Waals surface area contributed by atoms with Gasteiger partial charge in [0, 0.05) is 29.5 Å². The van der Waals surface area contributed by atoms with Gasteiger partial charge in [-0.1, -0.05) is 44.2 Å². The number of hydrogen-bond donors (Lipinski definition) is 0.